The second kappa shape index (κ2) is 11.5. The van der Waals surface area contributed by atoms with Gasteiger partial charge in [0.05, 0.1) is 26.8 Å². The number of nitrogens with one attached hydrogen (secondary N) is 1. The first-order valence-corrected chi connectivity index (χ1v) is 9.21. The summed E-state index contributed by atoms with van der Waals surface area (Å²) >= 11 is 0. The van der Waals surface area contributed by atoms with E-state index in [0.29, 0.717) is 19.8 Å². The highest BCUT2D eigenvalue weighted by molar-refractivity contribution is 6.61. The zero-order valence-electron chi connectivity index (χ0n) is 14.0. The Balaban J connectivity index is 4.91. The molecule has 1 N–H and O–H groups in total. The van der Waals surface area contributed by atoms with Gasteiger partial charge in [-0.2, -0.15) is 0 Å². The van der Waals surface area contributed by atoms with Gasteiger partial charge in [-0.15, -0.1) is 0 Å². The lowest BCUT2D eigenvalue weighted by molar-refractivity contribution is -0.149. The van der Waals surface area contributed by atoms with Gasteiger partial charge in [0.2, 0.25) is 0 Å². The number of rotatable bonds is 12. The Morgan fingerprint density at radius 3 is 1.82 bits per heavy atom. The molecular formula is C13H27NO7Si. The molecule has 130 valence electrons. The van der Waals surface area contributed by atoms with Crippen molar-refractivity contribution in [1.29, 1.82) is 0 Å². The minimum atomic E-state index is -2.95. The van der Waals surface area contributed by atoms with Crippen LogP contribution in [0.5, 0.6) is 0 Å². The van der Waals surface area contributed by atoms with E-state index in [1.807, 2.05) is 20.8 Å². The molecule has 22 heavy (non-hydrogen) atoms. The van der Waals surface area contributed by atoms with Crippen molar-refractivity contribution in [2.24, 2.45) is 0 Å². The van der Waals surface area contributed by atoms with Gasteiger partial charge in [0.25, 0.3) is 0 Å². The number of esters is 2. The molecule has 0 rings (SSSR count). The van der Waals surface area contributed by atoms with Crippen LogP contribution < -0.4 is 5.32 Å². The maximum absolute atomic E-state index is 11.8. The van der Waals surface area contributed by atoms with E-state index in [9.17, 15) is 9.59 Å². The van der Waals surface area contributed by atoms with Crippen LogP contribution in [0.1, 0.15) is 27.2 Å². The van der Waals surface area contributed by atoms with Gasteiger partial charge in [0.15, 0.2) is 0 Å². The Kier molecular flexibility index (Phi) is 11.0. The first kappa shape index (κ1) is 21.0. The van der Waals surface area contributed by atoms with Gasteiger partial charge in [-0.3, -0.25) is 14.9 Å². The molecule has 0 aliphatic heterocycles. The monoisotopic (exact) mass is 337 g/mol. The highest BCUT2D eigenvalue weighted by Crippen LogP contribution is 2.10. The summed E-state index contributed by atoms with van der Waals surface area (Å²) in [6, 6.07) is -0.842. The van der Waals surface area contributed by atoms with Gasteiger partial charge in [0, 0.05) is 19.8 Å². The molecule has 0 aliphatic carbocycles. The van der Waals surface area contributed by atoms with Gasteiger partial charge in [-0.05, 0) is 20.8 Å². The first-order chi connectivity index (χ1) is 10.5. The van der Waals surface area contributed by atoms with E-state index >= 15 is 0 Å². The maximum atomic E-state index is 11.8. The van der Waals surface area contributed by atoms with Crippen LogP contribution in [0.15, 0.2) is 0 Å². The fourth-order valence-corrected chi connectivity index (χ4v) is 4.19. The second-order valence-electron chi connectivity index (χ2n) is 4.22. The van der Waals surface area contributed by atoms with E-state index in [-0.39, 0.29) is 12.6 Å². The number of ether oxygens (including phenoxy) is 2. The lowest BCUT2D eigenvalue weighted by Gasteiger charge is -2.29. The largest absolute Gasteiger partial charge is 0.515 e. The van der Waals surface area contributed by atoms with Crippen molar-refractivity contribution in [2.75, 3.05) is 40.2 Å². The molecule has 0 fully saturated rings. The maximum Gasteiger partial charge on any atom is 0.515 e. The molecule has 0 bridgehead atoms. The number of methoxy groups -OCH3 is 2. The average Bonchev–Trinajstić information content (AvgIpc) is 2.51. The molecule has 1 atom stereocenters. The van der Waals surface area contributed by atoms with E-state index in [1.54, 1.807) is 0 Å². The lowest BCUT2D eigenvalue weighted by Crippen LogP contribution is -2.57. The van der Waals surface area contributed by atoms with Crippen LogP contribution in [0.4, 0.5) is 0 Å². The predicted octanol–water partition coefficient (Wildman–Crippen LogP) is 0.268. The van der Waals surface area contributed by atoms with Crippen LogP contribution >= 0.6 is 0 Å². The third-order valence-corrected chi connectivity index (χ3v) is 5.56. The Morgan fingerprint density at radius 2 is 1.45 bits per heavy atom. The minimum absolute atomic E-state index is 0.141. The molecule has 0 spiro atoms. The quantitative estimate of drug-likeness (QED) is 0.401. The fourth-order valence-electron chi connectivity index (χ4n) is 1.82. The van der Waals surface area contributed by atoms with Crippen LogP contribution in [-0.2, 0) is 32.3 Å². The molecule has 0 heterocycles. The fraction of sp³-hybridized carbons (Fsp3) is 0.846. The van der Waals surface area contributed by atoms with Crippen LogP contribution in [0.3, 0.4) is 0 Å². The van der Waals surface area contributed by atoms with Crippen molar-refractivity contribution in [3.8, 4) is 0 Å². The van der Waals surface area contributed by atoms with Crippen molar-refractivity contribution >= 4 is 20.7 Å². The predicted molar refractivity (Wildman–Crippen MR) is 81.1 cm³/mol. The molecule has 0 aromatic heterocycles. The SMILES string of the molecule is CCO[Si](CNC(CC(=O)OC)C(=O)OC)(OCC)OCC. The van der Waals surface area contributed by atoms with Gasteiger partial charge in [0.1, 0.15) is 6.04 Å². The summed E-state index contributed by atoms with van der Waals surface area (Å²) in [5.74, 6) is -1.07. The van der Waals surface area contributed by atoms with E-state index in [4.69, 9.17) is 13.3 Å². The van der Waals surface area contributed by atoms with Gasteiger partial charge < -0.3 is 22.8 Å². The summed E-state index contributed by atoms with van der Waals surface area (Å²) in [6.45, 7) is 6.79. The topological polar surface area (TPSA) is 92.3 Å². The molecule has 1 unspecified atom stereocenters. The zero-order chi connectivity index (χ0) is 17.0. The third kappa shape index (κ3) is 7.32. The highest BCUT2D eigenvalue weighted by Gasteiger charge is 2.41. The van der Waals surface area contributed by atoms with E-state index < -0.39 is 26.8 Å². The molecule has 0 saturated heterocycles. The average molecular weight is 337 g/mol. The van der Waals surface area contributed by atoms with Crippen molar-refractivity contribution in [1.82, 2.24) is 5.32 Å². The van der Waals surface area contributed by atoms with E-state index in [1.165, 1.54) is 14.2 Å². The third-order valence-electron chi connectivity index (χ3n) is 2.74. The number of hydrogen-bond acceptors (Lipinski definition) is 8. The molecule has 8 nitrogen and oxygen atoms in total. The van der Waals surface area contributed by atoms with E-state index in [0.717, 1.165) is 0 Å². The molecule has 0 amide bonds. The Morgan fingerprint density at radius 1 is 0.955 bits per heavy atom. The Hall–Kier alpha value is -1.00. The molecule has 9 heteroatoms. The van der Waals surface area contributed by atoms with Gasteiger partial charge >= 0.3 is 20.7 Å². The summed E-state index contributed by atoms with van der Waals surface area (Å²) < 4.78 is 26.3. The van der Waals surface area contributed by atoms with Gasteiger partial charge in [-0.1, -0.05) is 0 Å². The molecule has 0 aliphatic rings. The molecule has 0 aromatic rings. The minimum Gasteiger partial charge on any atom is -0.469 e. The summed E-state index contributed by atoms with van der Waals surface area (Å²) in [5.41, 5.74) is 0. The van der Waals surface area contributed by atoms with Crippen molar-refractivity contribution < 1.29 is 32.3 Å². The molecular weight excluding hydrogens is 310 g/mol. The van der Waals surface area contributed by atoms with Crippen molar-refractivity contribution in [3.63, 3.8) is 0 Å². The number of carbonyl (C=O) groups is 2. The standard InChI is InChI=1S/C13H27NO7Si/c1-6-19-22(20-7-2,21-8-3)10-14-11(13(16)18-5)9-12(15)17-4/h11,14H,6-10H2,1-5H3. The zero-order valence-corrected chi connectivity index (χ0v) is 15.0. The van der Waals surface area contributed by atoms with Gasteiger partial charge in [-0.25, -0.2) is 0 Å². The normalized spacial score (nSPS) is 12.8. The number of hydrogen-bond donors (Lipinski definition) is 1. The lowest BCUT2D eigenvalue weighted by atomic mass is 10.2. The smallest absolute Gasteiger partial charge is 0.469 e. The first-order valence-electron chi connectivity index (χ1n) is 7.28. The van der Waals surface area contributed by atoms with Crippen LogP contribution in [0.25, 0.3) is 0 Å². The molecule has 0 saturated carbocycles. The molecule has 0 aromatic carbocycles. The summed E-state index contributed by atoms with van der Waals surface area (Å²) in [6.07, 6.45) is 0.0529. The summed E-state index contributed by atoms with van der Waals surface area (Å²) in [4.78, 5) is 23.1. The van der Waals surface area contributed by atoms with Crippen molar-refractivity contribution in [2.45, 2.75) is 33.2 Å². The second-order valence-corrected chi connectivity index (χ2v) is 6.80. The van der Waals surface area contributed by atoms with Crippen molar-refractivity contribution in [3.05, 3.63) is 0 Å². The Bertz CT molecular complexity index is 323. The van der Waals surface area contributed by atoms with E-state index in [2.05, 4.69) is 14.8 Å². The highest BCUT2D eigenvalue weighted by atomic mass is 28.4. The molecule has 0 radical (unpaired) electrons. The summed E-state index contributed by atoms with van der Waals surface area (Å²) in [7, 11) is -0.432. The Labute approximate surface area is 132 Å². The van der Waals surface area contributed by atoms with Crippen LogP contribution in [-0.4, -0.2) is 67.0 Å². The number of carbonyl (C=O) groups excluding carboxylic acids is 2. The summed E-state index contributed by atoms with van der Waals surface area (Å²) in [5, 5.41) is 2.94. The van der Waals surface area contributed by atoms with Crippen LogP contribution in [0, 0.1) is 0 Å². The van der Waals surface area contributed by atoms with Crippen LogP contribution in [0.2, 0.25) is 0 Å².